The molecule has 1 fully saturated rings. The van der Waals surface area contributed by atoms with Crippen LogP contribution in [0.2, 0.25) is 0 Å². The van der Waals surface area contributed by atoms with E-state index in [2.05, 4.69) is 11.1 Å². The Kier molecular flexibility index (Phi) is 4.32. The van der Waals surface area contributed by atoms with Gasteiger partial charge in [-0.25, -0.2) is 17.8 Å². The third kappa shape index (κ3) is 2.66. The number of rotatable bonds is 3. The number of sulfonamides is 1. The Morgan fingerprint density at radius 3 is 2.65 bits per heavy atom. The van der Waals surface area contributed by atoms with Gasteiger partial charge in [0.25, 0.3) is 10.0 Å². The lowest BCUT2D eigenvalue weighted by Crippen LogP contribution is -2.44. The highest BCUT2D eigenvalue weighted by Crippen LogP contribution is 2.35. The van der Waals surface area contributed by atoms with Crippen molar-refractivity contribution in [2.45, 2.75) is 22.6 Å². The van der Waals surface area contributed by atoms with E-state index in [1.165, 1.54) is 28.3 Å². The molecule has 1 saturated heterocycles. The lowest BCUT2D eigenvalue weighted by atomic mass is 9.99. The molecule has 20 heavy (non-hydrogen) atoms. The van der Waals surface area contributed by atoms with Crippen LogP contribution in [0.5, 0.6) is 0 Å². The zero-order chi connectivity index (χ0) is 14.8. The number of hydrogen-bond acceptors (Lipinski definition) is 5. The summed E-state index contributed by atoms with van der Waals surface area (Å²) in [5.74, 6) is -0.852. The van der Waals surface area contributed by atoms with Crippen molar-refractivity contribution < 1.29 is 12.8 Å². The number of thioether (sulfide) groups is 1. The molecule has 108 valence electrons. The van der Waals surface area contributed by atoms with E-state index in [1.807, 2.05) is 6.26 Å². The second kappa shape index (κ2) is 5.68. The van der Waals surface area contributed by atoms with Crippen LogP contribution in [-0.2, 0) is 10.0 Å². The van der Waals surface area contributed by atoms with Gasteiger partial charge in [0.05, 0.1) is 6.07 Å². The van der Waals surface area contributed by atoms with Gasteiger partial charge < -0.3 is 0 Å². The van der Waals surface area contributed by atoms with Gasteiger partial charge in [0.1, 0.15) is 4.75 Å². The molecule has 2 heterocycles. The van der Waals surface area contributed by atoms with E-state index in [9.17, 15) is 18.1 Å². The molecular formula is C12H14FN3O2S2. The monoisotopic (exact) mass is 315 g/mol. The SMILES string of the molecule is CSC1(C#N)CCN(S(=O)(=O)c2ncccc2F)CC1. The maximum atomic E-state index is 13.6. The molecule has 0 atom stereocenters. The highest BCUT2D eigenvalue weighted by atomic mass is 32.2. The molecule has 8 heteroatoms. The zero-order valence-corrected chi connectivity index (χ0v) is 12.5. The summed E-state index contributed by atoms with van der Waals surface area (Å²) in [6.45, 7) is 0.402. The zero-order valence-electron chi connectivity index (χ0n) is 10.9. The van der Waals surface area contributed by atoms with Crippen molar-refractivity contribution in [3.8, 4) is 6.07 Å². The van der Waals surface area contributed by atoms with Crippen molar-refractivity contribution in [3.63, 3.8) is 0 Å². The number of piperidine rings is 1. The number of hydrogen-bond donors (Lipinski definition) is 0. The predicted octanol–water partition coefficient (Wildman–Crippen LogP) is 1.63. The lowest BCUT2D eigenvalue weighted by molar-refractivity contribution is 0.324. The molecule has 0 spiro atoms. The first-order valence-electron chi connectivity index (χ1n) is 6.02. The van der Waals surface area contributed by atoms with Crippen LogP contribution in [0.25, 0.3) is 0 Å². The molecule has 1 aliphatic rings. The van der Waals surface area contributed by atoms with Crippen molar-refractivity contribution in [2.75, 3.05) is 19.3 Å². The molecule has 2 rings (SSSR count). The molecule has 0 aromatic carbocycles. The van der Waals surface area contributed by atoms with Crippen LogP contribution in [0.4, 0.5) is 4.39 Å². The van der Waals surface area contributed by atoms with E-state index >= 15 is 0 Å². The van der Waals surface area contributed by atoms with Gasteiger partial charge >= 0.3 is 0 Å². The number of aromatic nitrogens is 1. The number of pyridine rings is 1. The summed E-state index contributed by atoms with van der Waals surface area (Å²) < 4.78 is 38.9. The van der Waals surface area contributed by atoms with E-state index in [-0.39, 0.29) is 13.1 Å². The number of nitriles is 1. The summed E-state index contributed by atoms with van der Waals surface area (Å²) in [6, 6.07) is 4.66. The van der Waals surface area contributed by atoms with Crippen molar-refractivity contribution >= 4 is 21.8 Å². The van der Waals surface area contributed by atoms with E-state index in [0.29, 0.717) is 12.8 Å². The van der Waals surface area contributed by atoms with Gasteiger partial charge in [-0.2, -0.15) is 9.57 Å². The molecule has 0 saturated carbocycles. The van der Waals surface area contributed by atoms with E-state index < -0.39 is 25.6 Å². The van der Waals surface area contributed by atoms with Gasteiger partial charge in [0.15, 0.2) is 5.82 Å². The van der Waals surface area contributed by atoms with Gasteiger partial charge in [0, 0.05) is 19.3 Å². The Hall–Kier alpha value is -1.17. The molecular weight excluding hydrogens is 301 g/mol. The largest absolute Gasteiger partial charge is 0.263 e. The van der Waals surface area contributed by atoms with Gasteiger partial charge in [0.2, 0.25) is 5.03 Å². The van der Waals surface area contributed by atoms with Crippen molar-refractivity contribution in [1.29, 1.82) is 5.26 Å². The Morgan fingerprint density at radius 1 is 1.50 bits per heavy atom. The number of halogens is 1. The average molecular weight is 315 g/mol. The van der Waals surface area contributed by atoms with E-state index in [4.69, 9.17) is 0 Å². The highest BCUT2D eigenvalue weighted by molar-refractivity contribution is 8.00. The lowest BCUT2D eigenvalue weighted by Gasteiger charge is -2.35. The Morgan fingerprint density at radius 2 is 2.15 bits per heavy atom. The van der Waals surface area contributed by atoms with Crippen LogP contribution < -0.4 is 0 Å². The third-order valence-corrected chi connectivity index (χ3v) is 6.55. The molecule has 0 unspecified atom stereocenters. The summed E-state index contributed by atoms with van der Waals surface area (Å²) in [5.41, 5.74) is 0. The fourth-order valence-corrected chi connectivity index (χ4v) is 4.23. The summed E-state index contributed by atoms with van der Waals surface area (Å²) >= 11 is 1.43. The fourth-order valence-electron chi connectivity index (χ4n) is 2.13. The predicted molar refractivity (Wildman–Crippen MR) is 74.0 cm³/mol. The number of nitrogens with zero attached hydrogens (tertiary/aromatic N) is 3. The highest BCUT2D eigenvalue weighted by Gasteiger charge is 2.39. The molecule has 1 aromatic heterocycles. The second-order valence-electron chi connectivity index (χ2n) is 4.50. The molecule has 0 aliphatic carbocycles. The summed E-state index contributed by atoms with van der Waals surface area (Å²) in [4.78, 5) is 3.63. The van der Waals surface area contributed by atoms with Crippen LogP contribution in [0.1, 0.15) is 12.8 Å². The maximum absolute atomic E-state index is 13.6. The van der Waals surface area contributed by atoms with Gasteiger partial charge in [-0.05, 0) is 31.2 Å². The molecule has 1 aliphatic heterocycles. The van der Waals surface area contributed by atoms with Crippen molar-refractivity contribution in [3.05, 3.63) is 24.1 Å². The van der Waals surface area contributed by atoms with E-state index in [0.717, 1.165) is 6.07 Å². The van der Waals surface area contributed by atoms with Crippen LogP contribution >= 0.6 is 11.8 Å². The molecule has 0 N–H and O–H groups in total. The average Bonchev–Trinajstić information content (AvgIpc) is 2.47. The first-order valence-corrected chi connectivity index (χ1v) is 8.69. The van der Waals surface area contributed by atoms with Crippen LogP contribution in [0.15, 0.2) is 23.4 Å². The maximum Gasteiger partial charge on any atom is 0.263 e. The topological polar surface area (TPSA) is 74.1 Å². The summed E-state index contributed by atoms with van der Waals surface area (Å²) in [7, 11) is -3.93. The van der Waals surface area contributed by atoms with Crippen LogP contribution in [0.3, 0.4) is 0 Å². The van der Waals surface area contributed by atoms with Crippen LogP contribution in [0, 0.1) is 17.1 Å². The van der Waals surface area contributed by atoms with Gasteiger partial charge in [-0.1, -0.05) is 0 Å². The minimum absolute atomic E-state index is 0.201. The standard InChI is InChI=1S/C12H14FN3O2S2/c1-19-12(9-14)4-7-16(8-5-12)20(17,18)11-10(13)3-2-6-15-11/h2-3,6H,4-5,7-8H2,1H3. The summed E-state index contributed by atoms with van der Waals surface area (Å²) in [5, 5.41) is 8.63. The third-order valence-electron chi connectivity index (χ3n) is 3.43. The molecule has 0 amide bonds. The van der Waals surface area contributed by atoms with Crippen molar-refractivity contribution in [1.82, 2.24) is 9.29 Å². The summed E-state index contributed by atoms with van der Waals surface area (Å²) in [6.07, 6.45) is 3.95. The van der Waals surface area contributed by atoms with Crippen molar-refractivity contribution in [2.24, 2.45) is 0 Å². The van der Waals surface area contributed by atoms with Gasteiger partial charge in [-0.15, -0.1) is 11.8 Å². The Labute approximate surface area is 121 Å². The molecule has 5 nitrogen and oxygen atoms in total. The first-order chi connectivity index (χ1) is 9.45. The molecule has 1 aromatic rings. The first kappa shape index (κ1) is 15.2. The minimum Gasteiger partial charge on any atom is -0.241 e. The van der Waals surface area contributed by atoms with Crippen LogP contribution in [-0.4, -0.2) is 41.8 Å². The smallest absolute Gasteiger partial charge is 0.241 e. The molecule has 0 bridgehead atoms. The Balaban J connectivity index is 2.23. The fraction of sp³-hybridized carbons (Fsp3) is 0.500. The second-order valence-corrected chi connectivity index (χ2v) is 7.55. The Bertz CT molecular complexity index is 634. The molecule has 0 radical (unpaired) electrons. The van der Waals surface area contributed by atoms with E-state index in [1.54, 1.807) is 0 Å². The quantitative estimate of drug-likeness (QED) is 0.847. The normalized spacial score (nSPS) is 19.4. The van der Waals surface area contributed by atoms with Gasteiger partial charge in [-0.3, -0.25) is 0 Å². The minimum atomic E-state index is -3.93.